The Kier molecular flexibility index (Phi) is 3.87. The van der Waals surface area contributed by atoms with Crippen molar-refractivity contribution in [2.24, 2.45) is 5.92 Å². The van der Waals surface area contributed by atoms with Crippen LogP contribution in [-0.4, -0.2) is 18.2 Å². The summed E-state index contributed by atoms with van der Waals surface area (Å²) in [6.45, 7) is 3.80. The minimum atomic E-state index is -0.219. The molecule has 0 N–H and O–H groups in total. The van der Waals surface area contributed by atoms with E-state index in [1.807, 2.05) is 0 Å². The molecule has 2 unspecified atom stereocenters. The Morgan fingerprint density at radius 3 is 3.29 bits per heavy atom. The fraction of sp³-hybridized carbons (Fsp3) is 0.643. The molecule has 2 atom stereocenters. The van der Waals surface area contributed by atoms with Crippen molar-refractivity contribution in [3.63, 3.8) is 0 Å². The fourth-order valence-corrected chi connectivity index (χ4v) is 2.85. The van der Waals surface area contributed by atoms with Crippen molar-refractivity contribution >= 4 is 5.97 Å². The molecule has 0 spiro atoms. The Morgan fingerprint density at radius 1 is 1.59 bits per heavy atom. The van der Waals surface area contributed by atoms with Gasteiger partial charge in [0.15, 0.2) is 0 Å². The van der Waals surface area contributed by atoms with Gasteiger partial charge in [0.25, 0.3) is 0 Å². The molecule has 0 saturated heterocycles. The first-order chi connectivity index (χ1) is 8.24. The standard InChI is InChI=1S/C14H20O3/c1-2-16-10-7-13(15)17-14-8-3-5-12(11-14)6-4-9-14/h2-3,5,12H,1,4,6-11H2. The number of fused-ring (bicyclic) bond motifs is 2. The number of ether oxygens (including phenoxy) is 2. The van der Waals surface area contributed by atoms with Crippen LogP contribution in [0.15, 0.2) is 25.0 Å². The van der Waals surface area contributed by atoms with Gasteiger partial charge < -0.3 is 9.47 Å². The van der Waals surface area contributed by atoms with Crippen molar-refractivity contribution in [3.05, 3.63) is 25.0 Å². The summed E-state index contributed by atoms with van der Waals surface area (Å²) < 4.78 is 10.6. The quantitative estimate of drug-likeness (QED) is 0.318. The van der Waals surface area contributed by atoms with Crippen LogP contribution >= 0.6 is 0 Å². The molecule has 0 aliphatic heterocycles. The summed E-state index contributed by atoms with van der Waals surface area (Å²) in [7, 11) is 0. The monoisotopic (exact) mass is 236 g/mol. The molecule has 94 valence electrons. The molecule has 3 heteroatoms. The van der Waals surface area contributed by atoms with Crippen LogP contribution in [0.1, 0.15) is 38.5 Å². The van der Waals surface area contributed by atoms with Gasteiger partial charge in [0.05, 0.1) is 19.3 Å². The van der Waals surface area contributed by atoms with Crippen LogP contribution in [0.2, 0.25) is 0 Å². The van der Waals surface area contributed by atoms with Gasteiger partial charge in [-0.1, -0.05) is 18.7 Å². The third kappa shape index (κ3) is 3.11. The summed E-state index contributed by atoms with van der Waals surface area (Å²) in [5.41, 5.74) is -0.219. The van der Waals surface area contributed by atoms with Gasteiger partial charge in [-0.3, -0.25) is 4.79 Å². The highest BCUT2D eigenvalue weighted by atomic mass is 16.6. The van der Waals surface area contributed by atoms with Gasteiger partial charge in [-0.15, -0.1) is 0 Å². The van der Waals surface area contributed by atoms with Crippen LogP contribution < -0.4 is 0 Å². The molecule has 0 radical (unpaired) electrons. The summed E-state index contributed by atoms with van der Waals surface area (Å²) in [6, 6.07) is 0. The van der Waals surface area contributed by atoms with Crippen LogP contribution in [0.3, 0.4) is 0 Å². The smallest absolute Gasteiger partial charge is 0.309 e. The number of allylic oxidation sites excluding steroid dienone is 1. The van der Waals surface area contributed by atoms with Gasteiger partial charge in [-0.05, 0) is 31.6 Å². The molecule has 2 bridgehead atoms. The van der Waals surface area contributed by atoms with Crippen molar-refractivity contribution in [3.8, 4) is 0 Å². The van der Waals surface area contributed by atoms with Crippen LogP contribution in [0.4, 0.5) is 0 Å². The maximum absolute atomic E-state index is 11.7. The zero-order chi connectivity index (χ0) is 12.1. The van der Waals surface area contributed by atoms with Gasteiger partial charge in [-0.2, -0.15) is 0 Å². The first kappa shape index (κ1) is 12.2. The van der Waals surface area contributed by atoms with Crippen LogP contribution in [-0.2, 0) is 14.3 Å². The first-order valence-electron chi connectivity index (χ1n) is 6.35. The maximum Gasteiger partial charge on any atom is 0.309 e. The second-order valence-electron chi connectivity index (χ2n) is 4.93. The molecule has 1 fully saturated rings. The lowest BCUT2D eigenvalue weighted by molar-refractivity contribution is -0.165. The average molecular weight is 236 g/mol. The summed E-state index contributed by atoms with van der Waals surface area (Å²) in [4.78, 5) is 11.7. The van der Waals surface area contributed by atoms with E-state index < -0.39 is 0 Å². The van der Waals surface area contributed by atoms with E-state index in [9.17, 15) is 4.79 Å². The number of esters is 1. The van der Waals surface area contributed by atoms with E-state index in [4.69, 9.17) is 9.47 Å². The van der Waals surface area contributed by atoms with Crippen LogP contribution in [0.5, 0.6) is 0 Å². The van der Waals surface area contributed by atoms with E-state index in [0.717, 1.165) is 25.7 Å². The minimum absolute atomic E-state index is 0.150. The van der Waals surface area contributed by atoms with E-state index in [1.165, 1.54) is 12.7 Å². The number of hydrogen-bond acceptors (Lipinski definition) is 3. The van der Waals surface area contributed by atoms with Crippen molar-refractivity contribution in [1.29, 1.82) is 0 Å². The molecule has 0 aromatic rings. The number of rotatable bonds is 5. The summed E-state index contributed by atoms with van der Waals surface area (Å²) >= 11 is 0. The van der Waals surface area contributed by atoms with Gasteiger partial charge in [0, 0.05) is 6.42 Å². The van der Waals surface area contributed by atoms with Crippen molar-refractivity contribution in [2.75, 3.05) is 6.61 Å². The molecule has 17 heavy (non-hydrogen) atoms. The Bertz CT molecular complexity index is 321. The number of hydrogen-bond donors (Lipinski definition) is 0. The molecule has 1 saturated carbocycles. The molecule has 2 aliphatic carbocycles. The first-order valence-corrected chi connectivity index (χ1v) is 6.35. The van der Waals surface area contributed by atoms with Gasteiger partial charge >= 0.3 is 5.97 Å². The largest absolute Gasteiger partial charge is 0.501 e. The minimum Gasteiger partial charge on any atom is -0.501 e. The topological polar surface area (TPSA) is 35.5 Å². The van der Waals surface area contributed by atoms with E-state index >= 15 is 0 Å². The second kappa shape index (κ2) is 5.39. The summed E-state index contributed by atoms with van der Waals surface area (Å²) in [5, 5.41) is 0. The summed E-state index contributed by atoms with van der Waals surface area (Å²) in [6.07, 6.45) is 11.4. The molecule has 0 heterocycles. The Morgan fingerprint density at radius 2 is 2.47 bits per heavy atom. The van der Waals surface area contributed by atoms with Gasteiger partial charge in [0.1, 0.15) is 5.60 Å². The van der Waals surface area contributed by atoms with Crippen molar-refractivity contribution in [2.45, 2.75) is 44.1 Å². The molecule has 0 amide bonds. The lowest BCUT2D eigenvalue weighted by Gasteiger charge is -2.41. The SMILES string of the molecule is C=COCCC(=O)OC12CC=CC(CCC1)C2. The lowest BCUT2D eigenvalue weighted by Crippen LogP contribution is -2.41. The second-order valence-corrected chi connectivity index (χ2v) is 4.93. The average Bonchev–Trinajstić information content (AvgIpc) is 2.29. The molecular weight excluding hydrogens is 216 g/mol. The van der Waals surface area contributed by atoms with Crippen molar-refractivity contribution in [1.82, 2.24) is 0 Å². The van der Waals surface area contributed by atoms with Gasteiger partial charge in [0.2, 0.25) is 0 Å². The highest BCUT2D eigenvalue weighted by Crippen LogP contribution is 2.42. The Hall–Kier alpha value is -1.25. The molecule has 0 aromatic heterocycles. The third-order valence-corrected chi connectivity index (χ3v) is 3.61. The number of carbonyl (C=O) groups is 1. The predicted molar refractivity (Wildman–Crippen MR) is 65.3 cm³/mol. The normalized spacial score (nSPS) is 30.7. The number of carbonyl (C=O) groups excluding carboxylic acids is 1. The van der Waals surface area contributed by atoms with E-state index in [-0.39, 0.29) is 11.6 Å². The highest BCUT2D eigenvalue weighted by molar-refractivity contribution is 5.70. The maximum atomic E-state index is 11.7. The van der Waals surface area contributed by atoms with Crippen LogP contribution in [0, 0.1) is 5.92 Å². The fourth-order valence-electron chi connectivity index (χ4n) is 2.85. The molecule has 0 aromatic carbocycles. The molecule has 2 rings (SSSR count). The predicted octanol–water partition coefficient (Wildman–Crippen LogP) is 2.97. The lowest BCUT2D eigenvalue weighted by atomic mass is 9.72. The third-order valence-electron chi connectivity index (χ3n) is 3.61. The van der Waals surface area contributed by atoms with Crippen molar-refractivity contribution < 1.29 is 14.3 Å². The van der Waals surface area contributed by atoms with Gasteiger partial charge in [-0.25, -0.2) is 0 Å². The molecule has 3 nitrogen and oxygen atoms in total. The van der Waals surface area contributed by atoms with Crippen LogP contribution in [0.25, 0.3) is 0 Å². The zero-order valence-corrected chi connectivity index (χ0v) is 10.2. The summed E-state index contributed by atoms with van der Waals surface area (Å²) in [5.74, 6) is 0.456. The van der Waals surface area contributed by atoms with E-state index in [0.29, 0.717) is 18.9 Å². The Labute approximate surface area is 102 Å². The molecule has 2 aliphatic rings. The Balaban J connectivity index is 1.86. The highest BCUT2D eigenvalue weighted by Gasteiger charge is 2.40. The van der Waals surface area contributed by atoms with E-state index in [1.54, 1.807) is 0 Å². The molecular formula is C14H20O3. The zero-order valence-electron chi connectivity index (χ0n) is 10.2. The van der Waals surface area contributed by atoms with E-state index in [2.05, 4.69) is 18.7 Å².